The van der Waals surface area contributed by atoms with Crippen LogP contribution in [-0.2, 0) is 7.05 Å². The Morgan fingerprint density at radius 3 is 2.62 bits per heavy atom. The minimum atomic E-state index is 1.20. The van der Waals surface area contributed by atoms with Crippen LogP contribution in [0.15, 0.2) is 29.4 Å². The third-order valence-electron chi connectivity index (χ3n) is 2.87. The fraction of sp³-hybridized carbons (Fsp3) is 0.308. The van der Waals surface area contributed by atoms with Crippen molar-refractivity contribution in [2.45, 2.75) is 6.92 Å². The van der Waals surface area contributed by atoms with Gasteiger partial charge in [0, 0.05) is 43.3 Å². The normalized spacial score (nSPS) is 11.5. The van der Waals surface area contributed by atoms with Crippen molar-refractivity contribution in [3.8, 4) is 0 Å². The fourth-order valence-electron chi connectivity index (χ4n) is 1.89. The molecule has 0 saturated heterocycles. The number of hydrogen-bond donors (Lipinski definition) is 0. The van der Waals surface area contributed by atoms with E-state index in [1.807, 2.05) is 20.3 Å². The molecule has 1 aromatic carbocycles. The highest BCUT2D eigenvalue weighted by molar-refractivity contribution is 6.00. The summed E-state index contributed by atoms with van der Waals surface area (Å²) in [4.78, 5) is 0. The van der Waals surface area contributed by atoms with E-state index < -0.39 is 0 Å². The lowest BCUT2D eigenvalue weighted by molar-refractivity contribution is 0.440. The molecule has 0 N–H and O–H groups in total. The molecule has 0 bridgehead atoms. The van der Waals surface area contributed by atoms with Crippen molar-refractivity contribution in [3.05, 3.63) is 35.5 Å². The Balaban J connectivity index is 2.64. The number of rotatable bonds is 2. The second kappa shape index (κ2) is 4.00. The maximum Gasteiger partial charge on any atom is 0.0566 e. The number of aryl methyl sites for hydroxylation is 1. The summed E-state index contributed by atoms with van der Waals surface area (Å²) < 4.78 is 2.20. The first-order valence-electron chi connectivity index (χ1n) is 5.36. The number of para-hydroxylation sites is 1. The highest BCUT2D eigenvalue weighted by Crippen LogP contribution is 2.22. The van der Waals surface area contributed by atoms with E-state index in [2.05, 4.69) is 47.9 Å². The molecule has 0 fully saturated rings. The molecule has 0 aliphatic heterocycles. The molecule has 3 heteroatoms. The standard InChI is InChI=1S/C13H17N3/c1-10-12(9-14-15(2)3)11-7-5-6-8-13(11)16(10)4/h5-9H,1-4H3/b14-9-. The Morgan fingerprint density at radius 1 is 1.25 bits per heavy atom. The van der Waals surface area contributed by atoms with Gasteiger partial charge in [-0.2, -0.15) is 5.10 Å². The molecular formula is C13H17N3. The van der Waals surface area contributed by atoms with E-state index in [4.69, 9.17) is 0 Å². The predicted molar refractivity (Wildman–Crippen MR) is 68.9 cm³/mol. The molecule has 1 aromatic heterocycles. The minimum absolute atomic E-state index is 1.20. The molecule has 0 aliphatic carbocycles. The quantitative estimate of drug-likeness (QED) is 0.556. The second-order valence-corrected chi connectivity index (χ2v) is 4.17. The highest BCUT2D eigenvalue weighted by Gasteiger charge is 2.08. The SMILES string of the molecule is Cc1c(/C=N\N(C)C)c2ccccc2n1C. The van der Waals surface area contributed by atoms with Crippen molar-refractivity contribution < 1.29 is 0 Å². The smallest absolute Gasteiger partial charge is 0.0566 e. The first-order valence-corrected chi connectivity index (χ1v) is 5.36. The zero-order valence-corrected chi connectivity index (χ0v) is 10.2. The molecule has 1 heterocycles. The average Bonchev–Trinajstić information content (AvgIpc) is 2.50. The molecule has 0 amide bonds. The van der Waals surface area contributed by atoms with Gasteiger partial charge in [-0.05, 0) is 13.0 Å². The summed E-state index contributed by atoms with van der Waals surface area (Å²) in [5.74, 6) is 0. The summed E-state index contributed by atoms with van der Waals surface area (Å²) in [6.45, 7) is 2.12. The number of nitrogens with zero attached hydrogens (tertiary/aromatic N) is 3. The van der Waals surface area contributed by atoms with Crippen LogP contribution in [-0.4, -0.2) is 29.9 Å². The molecule has 84 valence electrons. The van der Waals surface area contributed by atoms with Gasteiger partial charge < -0.3 is 9.58 Å². The third-order valence-corrected chi connectivity index (χ3v) is 2.87. The third kappa shape index (κ3) is 1.69. The monoisotopic (exact) mass is 215 g/mol. The van der Waals surface area contributed by atoms with Crippen molar-refractivity contribution in [1.29, 1.82) is 0 Å². The molecular weight excluding hydrogens is 198 g/mol. The first-order chi connectivity index (χ1) is 7.61. The van der Waals surface area contributed by atoms with Crippen LogP contribution in [0.3, 0.4) is 0 Å². The van der Waals surface area contributed by atoms with Gasteiger partial charge in [0.2, 0.25) is 0 Å². The lowest BCUT2D eigenvalue weighted by atomic mass is 10.1. The van der Waals surface area contributed by atoms with Crippen LogP contribution in [0.2, 0.25) is 0 Å². The molecule has 0 saturated carbocycles. The van der Waals surface area contributed by atoms with E-state index in [9.17, 15) is 0 Å². The first kappa shape index (κ1) is 10.7. The molecule has 0 radical (unpaired) electrons. The Kier molecular flexibility index (Phi) is 2.69. The van der Waals surface area contributed by atoms with Gasteiger partial charge in [-0.3, -0.25) is 0 Å². The van der Waals surface area contributed by atoms with Crippen LogP contribution in [0, 0.1) is 6.92 Å². The van der Waals surface area contributed by atoms with Crippen molar-refractivity contribution in [3.63, 3.8) is 0 Å². The van der Waals surface area contributed by atoms with Crippen LogP contribution in [0.4, 0.5) is 0 Å². The number of aromatic nitrogens is 1. The number of hydrazone groups is 1. The van der Waals surface area contributed by atoms with E-state index >= 15 is 0 Å². The zero-order chi connectivity index (χ0) is 11.7. The van der Waals surface area contributed by atoms with Gasteiger partial charge in [-0.15, -0.1) is 0 Å². The average molecular weight is 215 g/mol. The Bertz CT molecular complexity index is 535. The van der Waals surface area contributed by atoms with Crippen molar-refractivity contribution in [2.24, 2.45) is 12.1 Å². The maximum absolute atomic E-state index is 4.31. The number of fused-ring (bicyclic) bond motifs is 1. The molecule has 0 aliphatic rings. The lowest BCUT2D eigenvalue weighted by Gasteiger charge is -2.02. The van der Waals surface area contributed by atoms with E-state index in [0.29, 0.717) is 0 Å². The topological polar surface area (TPSA) is 20.5 Å². The summed E-state index contributed by atoms with van der Waals surface area (Å²) in [6, 6.07) is 8.40. The van der Waals surface area contributed by atoms with Gasteiger partial charge in [0.05, 0.1) is 6.21 Å². The molecule has 0 unspecified atom stereocenters. The van der Waals surface area contributed by atoms with E-state index in [-0.39, 0.29) is 0 Å². The number of hydrogen-bond acceptors (Lipinski definition) is 2. The van der Waals surface area contributed by atoms with Crippen LogP contribution in [0.5, 0.6) is 0 Å². The van der Waals surface area contributed by atoms with Crippen molar-refractivity contribution >= 4 is 17.1 Å². The summed E-state index contributed by atoms with van der Waals surface area (Å²) in [5.41, 5.74) is 3.69. The van der Waals surface area contributed by atoms with E-state index in [0.717, 1.165) is 0 Å². The second-order valence-electron chi connectivity index (χ2n) is 4.17. The highest BCUT2D eigenvalue weighted by atomic mass is 15.4. The van der Waals surface area contributed by atoms with Gasteiger partial charge in [0.25, 0.3) is 0 Å². The molecule has 3 nitrogen and oxygen atoms in total. The van der Waals surface area contributed by atoms with Gasteiger partial charge in [-0.1, -0.05) is 18.2 Å². The molecule has 0 atom stereocenters. The van der Waals surface area contributed by atoms with Crippen LogP contribution < -0.4 is 0 Å². The van der Waals surface area contributed by atoms with Gasteiger partial charge in [-0.25, -0.2) is 0 Å². The summed E-state index contributed by atoms with van der Waals surface area (Å²) >= 11 is 0. The van der Waals surface area contributed by atoms with Gasteiger partial charge in [0.15, 0.2) is 0 Å². The minimum Gasteiger partial charge on any atom is -0.347 e. The van der Waals surface area contributed by atoms with Crippen molar-refractivity contribution in [2.75, 3.05) is 14.1 Å². The fourth-order valence-corrected chi connectivity index (χ4v) is 1.89. The molecule has 16 heavy (non-hydrogen) atoms. The number of benzene rings is 1. The lowest BCUT2D eigenvalue weighted by Crippen LogP contribution is -2.02. The summed E-state index contributed by atoms with van der Waals surface area (Å²) in [5, 5.41) is 7.38. The van der Waals surface area contributed by atoms with Gasteiger partial charge >= 0.3 is 0 Å². The Labute approximate surface area is 96.0 Å². The van der Waals surface area contributed by atoms with Gasteiger partial charge in [0.1, 0.15) is 0 Å². The van der Waals surface area contributed by atoms with Crippen LogP contribution >= 0.6 is 0 Å². The van der Waals surface area contributed by atoms with Crippen LogP contribution in [0.1, 0.15) is 11.3 Å². The van der Waals surface area contributed by atoms with E-state index in [1.165, 1.54) is 22.2 Å². The Hall–Kier alpha value is -1.77. The van der Waals surface area contributed by atoms with E-state index in [1.54, 1.807) is 5.01 Å². The molecule has 2 rings (SSSR count). The maximum atomic E-state index is 4.31. The Morgan fingerprint density at radius 2 is 1.94 bits per heavy atom. The van der Waals surface area contributed by atoms with Crippen LogP contribution in [0.25, 0.3) is 10.9 Å². The van der Waals surface area contributed by atoms with Crippen molar-refractivity contribution in [1.82, 2.24) is 9.58 Å². The summed E-state index contributed by atoms with van der Waals surface area (Å²) in [6.07, 6.45) is 1.93. The molecule has 2 aromatic rings. The zero-order valence-electron chi connectivity index (χ0n) is 10.2. The largest absolute Gasteiger partial charge is 0.347 e. The summed E-state index contributed by atoms with van der Waals surface area (Å²) in [7, 11) is 5.94. The molecule has 0 spiro atoms. The predicted octanol–water partition coefficient (Wildman–Crippen LogP) is 2.38.